The fourth-order valence-corrected chi connectivity index (χ4v) is 4.27. The van der Waals surface area contributed by atoms with Gasteiger partial charge in [-0.15, -0.1) is 0 Å². The number of carbonyl (C=O) groups is 1. The van der Waals surface area contributed by atoms with Crippen molar-refractivity contribution in [1.29, 1.82) is 0 Å². The third-order valence-electron chi connectivity index (χ3n) is 4.96. The first-order valence-electron chi connectivity index (χ1n) is 8.90. The Balaban J connectivity index is 1.42. The second kappa shape index (κ2) is 7.07. The maximum absolute atomic E-state index is 12.6. The number of carbonyl (C=O) groups excluding carboxylic acids is 1. The van der Waals surface area contributed by atoms with Crippen molar-refractivity contribution in [2.24, 2.45) is 0 Å². The van der Waals surface area contributed by atoms with Gasteiger partial charge >= 0.3 is 4.87 Å². The number of oxazole rings is 1. The average Bonchev–Trinajstić information content (AvgIpc) is 3.23. The zero-order chi connectivity index (χ0) is 18.1. The molecule has 0 aliphatic carbocycles. The summed E-state index contributed by atoms with van der Waals surface area (Å²) in [7, 11) is 0. The van der Waals surface area contributed by atoms with Crippen molar-refractivity contribution >= 4 is 28.3 Å². The van der Waals surface area contributed by atoms with Crippen LogP contribution in [0.2, 0.25) is 0 Å². The molecule has 0 N–H and O–H groups in total. The summed E-state index contributed by atoms with van der Waals surface area (Å²) in [6.07, 6.45) is 2.25. The number of nitrogens with zero attached hydrogens (tertiary/aromatic N) is 3. The van der Waals surface area contributed by atoms with Crippen molar-refractivity contribution in [1.82, 2.24) is 14.5 Å². The third-order valence-corrected chi connectivity index (χ3v) is 5.84. The summed E-state index contributed by atoms with van der Waals surface area (Å²) in [6.45, 7) is 3.72. The maximum Gasteiger partial charge on any atom is 0.307 e. The molecule has 1 aliphatic rings. The van der Waals surface area contributed by atoms with E-state index in [9.17, 15) is 9.59 Å². The Morgan fingerprint density at radius 1 is 1.38 bits per heavy atom. The number of amides is 1. The first-order valence-corrected chi connectivity index (χ1v) is 9.78. The van der Waals surface area contributed by atoms with Gasteiger partial charge in [-0.25, -0.2) is 4.98 Å². The topological polar surface area (TPSA) is 68.3 Å². The highest BCUT2D eigenvalue weighted by atomic mass is 32.1. The molecule has 136 valence electrons. The molecule has 6 nitrogen and oxygen atoms in total. The number of fused-ring (bicyclic) bond motifs is 1. The van der Waals surface area contributed by atoms with Gasteiger partial charge < -0.3 is 13.9 Å². The van der Waals surface area contributed by atoms with Gasteiger partial charge in [0.25, 0.3) is 0 Å². The Kier molecular flexibility index (Phi) is 4.63. The molecule has 26 heavy (non-hydrogen) atoms. The molecule has 0 radical (unpaired) electrons. The first-order chi connectivity index (χ1) is 12.6. The summed E-state index contributed by atoms with van der Waals surface area (Å²) in [5.74, 6) is 0.933. The number of likely N-dealkylation sites (tertiary alicyclic amines) is 1. The van der Waals surface area contributed by atoms with Crippen molar-refractivity contribution in [3.8, 4) is 0 Å². The Morgan fingerprint density at radius 3 is 3.00 bits per heavy atom. The fraction of sp³-hybridized carbons (Fsp3) is 0.421. The van der Waals surface area contributed by atoms with Gasteiger partial charge in [0, 0.05) is 37.1 Å². The molecule has 3 heterocycles. The van der Waals surface area contributed by atoms with Gasteiger partial charge in [0.05, 0.1) is 5.92 Å². The molecule has 1 aliphatic heterocycles. The van der Waals surface area contributed by atoms with Crippen molar-refractivity contribution in [3.05, 3.63) is 50.9 Å². The number of rotatable bonds is 4. The molecule has 0 saturated carbocycles. The van der Waals surface area contributed by atoms with Gasteiger partial charge in [-0.2, -0.15) is 0 Å². The first kappa shape index (κ1) is 17.0. The van der Waals surface area contributed by atoms with Crippen LogP contribution in [0.25, 0.3) is 11.1 Å². The maximum atomic E-state index is 12.6. The number of hydrogen-bond acceptors (Lipinski definition) is 5. The number of aryl methyl sites for hydroxylation is 1. The Morgan fingerprint density at radius 2 is 2.23 bits per heavy atom. The van der Waals surface area contributed by atoms with E-state index < -0.39 is 0 Å². The van der Waals surface area contributed by atoms with Crippen LogP contribution in [0.1, 0.15) is 36.8 Å². The van der Waals surface area contributed by atoms with Gasteiger partial charge in [0.15, 0.2) is 11.5 Å². The van der Waals surface area contributed by atoms with Crippen molar-refractivity contribution < 1.29 is 9.21 Å². The van der Waals surface area contributed by atoms with Crippen LogP contribution < -0.4 is 4.87 Å². The van der Waals surface area contributed by atoms with E-state index in [0.29, 0.717) is 25.4 Å². The monoisotopic (exact) mass is 371 g/mol. The summed E-state index contributed by atoms with van der Waals surface area (Å²) in [6, 6.07) is 7.73. The lowest BCUT2D eigenvalue weighted by Crippen LogP contribution is -2.39. The van der Waals surface area contributed by atoms with Crippen molar-refractivity contribution in [2.75, 3.05) is 13.1 Å². The lowest BCUT2D eigenvalue weighted by Gasteiger charge is -2.31. The molecule has 0 unspecified atom stereocenters. The highest BCUT2D eigenvalue weighted by Gasteiger charge is 2.28. The molecule has 0 bridgehead atoms. The van der Waals surface area contributed by atoms with E-state index in [2.05, 4.69) is 4.98 Å². The number of piperidine rings is 1. The normalized spacial score (nSPS) is 17.7. The SMILES string of the molecule is Cc1csc(=O)n1CCC(=O)N1CCC[C@@H](c2nc3ccccc3o2)C1. The van der Waals surface area contributed by atoms with Gasteiger partial charge in [0.1, 0.15) is 5.52 Å². The molecule has 1 saturated heterocycles. The third kappa shape index (κ3) is 3.31. The quantitative estimate of drug-likeness (QED) is 0.706. The van der Waals surface area contributed by atoms with E-state index in [-0.39, 0.29) is 16.7 Å². The number of thiazole rings is 1. The van der Waals surface area contributed by atoms with Crippen LogP contribution >= 0.6 is 11.3 Å². The average molecular weight is 371 g/mol. The summed E-state index contributed by atoms with van der Waals surface area (Å²) >= 11 is 1.18. The molecule has 1 atom stereocenters. The molecule has 2 aromatic heterocycles. The van der Waals surface area contributed by atoms with E-state index in [1.54, 1.807) is 4.57 Å². The van der Waals surface area contributed by atoms with Gasteiger partial charge in [-0.05, 0) is 31.9 Å². The minimum Gasteiger partial charge on any atom is -0.440 e. The van der Waals surface area contributed by atoms with Crippen LogP contribution in [-0.2, 0) is 11.3 Å². The second-order valence-corrected chi connectivity index (χ2v) is 7.56. The molecular formula is C19H21N3O3S. The zero-order valence-corrected chi connectivity index (χ0v) is 15.5. The number of benzene rings is 1. The Labute approximate surface area is 155 Å². The van der Waals surface area contributed by atoms with Crippen LogP contribution in [0.5, 0.6) is 0 Å². The molecule has 7 heteroatoms. The van der Waals surface area contributed by atoms with E-state index in [4.69, 9.17) is 4.42 Å². The molecule has 3 aromatic rings. The standard InChI is InChI=1S/C19H21N3O3S/c1-13-12-26-19(24)22(13)10-8-17(23)21-9-4-5-14(11-21)18-20-15-6-2-3-7-16(15)25-18/h2-3,6-7,12,14H,4-5,8-11H2,1H3/t14-/m1/s1. The highest BCUT2D eigenvalue weighted by molar-refractivity contribution is 7.07. The molecule has 0 spiro atoms. The van der Waals surface area contributed by atoms with E-state index in [0.717, 1.165) is 36.2 Å². The van der Waals surface area contributed by atoms with E-state index in [1.807, 2.05) is 41.5 Å². The predicted molar refractivity (Wildman–Crippen MR) is 100 cm³/mol. The minimum absolute atomic E-state index is 0.00158. The summed E-state index contributed by atoms with van der Waals surface area (Å²) in [4.78, 5) is 30.9. The minimum atomic E-state index is -0.00158. The largest absolute Gasteiger partial charge is 0.440 e. The van der Waals surface area contributed by atoms with Gasteiger partial charge in [-0.1, -0.05) is 23.5 Å². The predicted octanol–water partition coefficient (Wildman–Crippen LogP) is 3.16. The molecule has 1 fully saturated rings. The number of aromatic nitrogens is 2. The number of para-hydroxylation sites is 2. The lowest BCUT2D eigenvalue weighted by atomic mass is 9.97. The molecule has 1 aromatic carbocycles. The Hall–Kier alpha value is -2.41. The van der Waals surface area contributed by atoms with Crippen LogP contribution in [0.4, 0.5) is 0 Å². The second-order valence-electron chi connectivity index (χ2n) is 6.74. The van der Waals surface area contributed by atoms with Gasteiger partial charge in [-0.3, -0.25) is 9.59 Å². The highest BCUT2D eigenvalue weighted by Crippen LogP contribution is 2.29. The number of hydrogen-bond donors (Lipinski definition) is 0. The summed E-state index contributed by atoms with van der Waals surface area (Å²) < 4.78 is 7.56. The van der Waals surface area contributed by atoms with Crippen molar-refractivity contribution in [3.63, 3.8) is 0 Å². The summed E-state index contributed by atoms with van der Waals surface area (Å²) in [5, 5.41) is 1.83. The Bertz CT molecular complexity index is 954. The van der Waals surface area contributed by atoms with Crippen LogP contribution in [0, 0.1) is 6.92 Å². The van der Waals surface area contributed by atoms with E-state index in [1.165, 1.54) is 11.3 Å². The van der Waals surface area contributed by atoms with E-state index >= 15 is 0 Å². The van der Waals surface area contributed by atoms with Crippen LogP contribution in [0.3, 0.4) is 0 Å². The summed E-state index contributed by atoms with van der Waals surface area (Å²) in [5.41, 5.74) is 2.56. The van der Waals surface area contributed by atoms with Crippen LogP contribution in [-0.4, -0.2) is 33.4 Å². The molecular weight excluding hydrogens is 350 g/mol. The van der Waals surface area contributed by atoms with Gasteiger partial charge in [0.2, 0.25) is 5.91 Å². The zero-order valence-electron chi connectivity index (χ0n) is 14.7. The lowest BCUT2D eigenvalue weighted by molar-refractivity contribution is -0.132. The van der Waals surface area contributed by atoms with Crippen molar-refractivity contribution in [2.45, 2.75) is 38.6 Å². The molecule has 1 amide bonds. The van der Waals surface area contributed by atoms with Crippen LogP contribution in [0.15, 0.2) is 38.9 Å². The smallest absolute Gasteiger partial charge is 0.307 e. The molecule has 4 rings (SSSR count). The fourth-order valence-electron chi connectivity index (χ4n) is 3.51.